The number of anilines is 1. The molecule has 1 N–H and O–H groups in total. The Morgan fingerprint density at radius 1 is 1.16 bits per heavy atom. The maximum atomic E-state index is 11.5. The van der Waals surface area contributed by atoms with E-state index in [1.165, 1.54) is 19.2 Å². The molecule has 25 heavy (non-hydrogen) atoms. The fourth-order valence-corrected chi connectivity index (χ4v) is 2.77. The fourth-order valence-electron chi connectivity index (χ4n) is 2.13. The van der Waals surface area contributed by atoms with E-state index in [4.69, 9.17) is 9.47 Å². The molecule has 134 valence electrons. The van der Waals surface area contributed by atoms with Crippen LogP contribution in [0, 0.1) is 10.1 Å². The van der Waals surface area contributed by atoms with Gasteiger partial charge in [-0.15, -0.1) is 0 Å². The summed E-state index contributed by atoms with van der Waals surface area (Å²) in [5, 5.41) is 14.0. The Morgan fingerprint density at radius 3 is 2.44 bits per heavy atom. The van der Waals surface area contributed by atoms with E-state index in [1.54, 1.807) is 18.2 Å². The van der Waals surface area contributed by atoms with E-state index >= 15 is 0 Å². The number of nitrogens with zero attached hydrogens (tertiary/aromatic N) is 1. The molecule has 0 radical (unpaired) electrons. The Morgan fingerprint density at radius 2 is 1.84 bits per heavy atom. The summed E-state index contributed by atoms with van der Waals surface area (Å²) in [6, 6.07) is 10.9. The number of benzene rings is 2. The van der Waals surface area contributed by atoms with Gasteiger partial charge in [-0.2, -0.15) is 0 Å². The van der Waals surface area contributed by atoms with Gasteiger partial charge in [-0.1, -0.05) is 12.1 Å². The highest BCUT2D eigenvalue weighted by molar-refractivity contribution is 7.90. The van der Waals surface area contributed by atoms with Gasteiger partial charge in [0.05, 0.1) is 16.9 Å². The van der Waals surface area contributed by atoms with Crippen molar-refractivity contribution >= 4 is 21.2 Å². The van der Waals surface area contributed by atoms with Crippen LogP contribution >= 0.6 is 0 Å². The first-order valence-electron chi connectivity index (χ1n) is 7.31. The maximum absolute atomic E-state index is 11.5. The third-order valence-electron chi connectivity index (χ3n) is 3.34. The zero-order valence-electron chi connectivity index (χ0n) is 13.8. The molecule has 0 heterocycles. The van der Waals surface area contributed by atoms with Gasteiger partial charge >= 0.3 is 0 Å². The van der Waals surface area contributed by atoms with E-state index in [-0.39, 0.29) is 29.4 Å². The monoisotopic (exact) mass is 366 g/mol. The van der Waals surface area contributed by atoms with Crippen molar-refractivity contribution in [2.75, 3.05) is 31.8 Å². The van der Waals surface area contributed by atoms with Crippen molar-refractivity contribution in [1.29, 1.82) is 0 Å². The topological polar surface area (TPSA) is 108 Å². The van der Waals surface area contributed by atoms with E-state index in [2.05, 4.69) is 5.32 Å². The lowest BCUT2D eigenvalue weighted by Crippen LogP contribution is -2.13. The Kier molecular flexibility index (Phi) is 5.81. The Bertz CT molecular complexity index is 867. The summed E-state index contributed by atoms with van der Waals surface area (Å²) in [6.07, 6.45) is 1.00. The van der Waals surface area contributed by atoms with E-state index in [0.717, 1.165) is 12.3 Å². The molecule has 0 aliphatic carbocycles. The first-order valence-corrected chi connectivity index (χ1v) is 9.20. The molecule has 2 aromatic carbocycles. The Hall–Kier alpha value is -2.81. The molecule has 0 atom stereocenters. The number of hydrogen-bond acceptors (Lipinski definition) is 7. The molecule has 2 aromatic rings. The van der Waals surface area contributed by atoms with Crippen LogP contribution in [0.15, 0.2) is 47.4 Å². The van der Waals surface area contributed by atoms with Crippen molar-refractivity contribution in [2.45, 2.75) is 4.90 Å². The summed E-state index contributed by atoms with van der Waals surface area (Å²) >= 11 is 0. The molecule has 0 fully saturated rings. The second-order valence-electron chi connectivity index (χ2n) is 5.13. The number of ether oxygens (including phenoxy) is 2. The molecule has 0 saturated heterocycles. The maximum Gasteiger partial charge on any atom is 0.293 e. The molecule has 0 unspecified atom stereocenters. The van der Waals surface area contributed by atoms with Crippen molar-refractivity contribution in [3.8, 4) is 11.5 Å². The zero-order valence-corrected chi connectivity index (χ0v) is 14.6. The molecule has 2 rings (SSSR count). The van der Waals surface area contributed by atoms with Crippen LogP contribution in [0.1, 0.15) is 0 Å². The van der Waals surface area contributed by atoms with Gasteiger partial charge in [-0.05, 0) is 24.3 Å². The molecule has 9 heteroatoms. The summed E-state index contributed by atoms with van der Waals surface area (Å²) in [6.45, 7) is 0.530. The molecule has 8 nitrogen and oxygen atoms in total. The first-order chi connectivity index (χ1) is 11.8. The van der Waals surface area contributed by atoms with Crippen molar-refractivity contribution in [3.63, 3.8) is 0 Å². The van der Waals surface area contributed by atoms with Gasteiger partial charge in [0.2, 0.25) is 0 Å². The van der Waals surface area contributed by atoms with Crippen LogP contribution in [0.5, 0.6) is 11.5 Å². The predicted molar refractivity (Wildman–Crippen MR) is 93.2 cm³/mol. The van der Waals surface area contributed by atoms with Crippen LogP contribution < -0.4 is 14.8 Å². The highest BCUT2D eigenvalue weighted by Crippen LogP contribution is 2.28. The normalized spacial score (nSPS) is 11.0. The van der Waals surface area contributed by atoms with E-state index < -0.39 is 14.8 Å². The second-order valence-corrected chi connectivity index (χ2v) is 7.15. The van der Waals surface area contributed by atoms with Crippen LogP contribution in [0.2, 0.25) is 0 Å². The minimum Gasteiger partial charge on any atom is -0.493 e. The van der Waals surface area contributed by atoms with Crippen LogP contribution in [-0.2, 0) is 9.84 Å². The standard InChI is InChI=1S/C16H18N2O6S/c1-23-15-5-3-4-6-16(15)24-10-9-17-13-8-7-12(25(2,21)22)11-14(13)18(19)20/h3-8,11,17H,9-10H2,1-2H3. The molecular weight excluding hydrogens is 348 g/mol. The van der Waals surface area contributed by atoms with E-state index in [9.17, 15) is 18.5 Å². The van der Waals surface area contributed by atoms with Crippen molar-refractivity contribution in [1.82, 2.24) is 0 Å². The molecule has 0 saturated carbocycles. The summed E-state index contributed by atoms with van der Waals surface area (Å²) in [5.74, 6) is 1.15. The predicted octanol–water partition coefficient (Wildman–Crippen LogP) is 2.50. The summed E-state index contributed by atoms with van der Waals surface area (Å²) < 4.78 is 33.8. The zero-order chi connectivity index (χ0) is 18.4. The molecule has 0 aliphatic rings. The quantitative estimate of drug-likeness (QED) is 0.434. The minimum absolute atomic E-state index is 0.102. The van der Waals surface area contributed by atoms with Crippen molar-refractivity contribution in [2.24, 2.45) is 0 Å². The molecule has 0 aliphatic heterocycles. The fraction of sp³-hybridized carbons (Fsp3) is 0.250. The number of para-hydroxylation sites is 2. The summed E-state index contributed by atoms with van der Waals surface area (Å²) in [4.78, 5) is 10.4. The molecule has 0 bridgehead atoms. The van der Waals surface area contributed by atoms with Crippen molar-refractivity contribution in [3.05, 3.63) is 52.6 Å². The Labute approximate surface area is 145 Å². The highest BCUT2D eigenvalue weighted by atomic mass is 32.2. The molecule has 0 aromatic heterocycles. The molecule has 0 spiro atoms. The first kappa shape index (κ1) is 18.5. The lowest BCUT2D eigenvalue weighted by Gasteiger charge is -2.12. The molecular formula is C16H18N2O6S. The smallest absolute Gasteiger partial charge is 0.293 e. The van der Waals surface area contributed by atoms with Gasteiger partial charge in [-0.3, -0.25) is 10.1 Å². The number of sulfone groups is 1. The SMILES string of the molecule is COc1ccccc1OCCNc1ccc(S(C)(=O)=O)cc1[N+](=O)[O-]. The van der Waals surface area contributed by atoms with Crippen LogP contribution in [0.4, 0.5) is 11.4 Å². The minimum atomic E-state index is -3.52. The largest absolute Gasteiger partial charge is 0.493 e. The van der Waals surface area contributed by atoms with Gasteiger partial charge in [0.15, 0.2) is 21.3 Å². The van der Waals surface area contributed by atoms with E-state index in [0.29, 0.717) is 11.5 Å². The van der Waals surface area contributed by atoms with Crippen LogP contribution in [0.3, 0.4) is 0 Å². The van der Waals surface area contributed by atoms with Crippen LogP contribution in [0.25, 0.3) is 0 Å². The van der Waals surface area contributed by atoms with Crippen molar-refractivity contribution < 1.29 is 22.8 Å². The Balaban J connectivity index is 2.04. The number of methoxy groups -OCH3 is 1. The number of nitro benzene ring substituents is 1. The number of nitrogens with one attached hydrogen (secondary N) is 1. The van der Waals surface area contributed by atoms with Gasteiger partial charge in [0, 0.05) is 18.9 Å². The van der Waals surface area contributed by atoms with Gasteiger partial charge in [0.25, 0.3) is 5.69 Å². The third kappa shape index (κ3) is 4.83. The number of hydrogen-bond donors (Lipinski definition) is 1. The van der Waals surface area contributed by atoms with Crippen LogP contribution in [-0.4, -0.2) is 39.9 Å². The summed E-state index contributed by atoms with van der Waals surface area (Å²) in [5.41, 5.74) is -0.0822. The second kappa shape index (κ2) is 7.84. The number of rotatable bonds is 8. The van der Waals surface area contributed by atoms with Gasteiger partial charge < -0.3 is 14.8 Å². The molecule has 0 amide bonds. The highest BCUT2D eigenvalue weighted by Gasteiger charge is 2.18. The van der Waals surface area contributed by atoms with Gasteiger partial charge in [-0.25, -0.2) is 8.42 Å². The number of nitro groups is 1. The van der Waals surface area contributed by atoms with E-state index in [1.807, 2.05) is 6.07 Å². The average Bonchev–Trinajstić information content (AvgIpc) is 2.58. The average molecular weight is 366 g/mol. The lowest BCUT2D eigenvalue weighted by atomic mass is 10.2. The third-order valence-corrected chi connectivity index (χ3v) is 4.45. The van der Waals surface area contributed by atoms with Gasteiger partial charge in [0.1, 0.15) is 12.3 Å². The summed E-state index contributed by atoms with van der Waals surface area (Å²) in [7, 11) is -1.98. The lowest BCUT2D eigenvalue weighted by molar-refractivity contribution is -0.384.